The summed E-state index contributed by atoms with van der Waals surface area (Å²) >= 11 is 12.1. The number of carbonyl (C=O) groups is 2. The van der Waals surface area contributed by atoms with E-state index in [4.69, 9.17) is 23.2 Å². The molecule has 11 heteroatoms. The summed E-state index contributed by atoms with van der Waals surface area (Å²) in [5, 5.41) is 10.1. The first-order chi connectivity index (χ1) is 13.2. The van der Waals surface area contributed by atoms with Gasteiger partial charge >= 0.3 is 18.1 Å². The van der Waals surface area contributed by atoms with Crippen LogP contribution in [0.1, 0.15) is 10.5 Å². The highest BCUT2D eigenvalue weighted by Crippen LogP contribution is 2.33. The predicted octanol–water partition coefficient (Wildman–Crippen LogP) is 4.69. The van der Waals surface area contributed by atoms with E-state index < -0.39 is 23.8 Å². The smallest absolute Gasteiger partial charge is 0.381 e. The van der Waals surface area contributed by atoms with E-state index in [1.165, 1.54) is 12.1 Å². The lowest BCUT2D eigenvalue weighted by Gasteiger charge is -2.08. The Morgan fingerprint density at radius 2 is 1.61 bits per heavy atom. The Morgan fingerprint density at radius 3 is 2.21 bits per heavy atom. The number of H-pyrrole nitrogens is 1. The molecular formula is C17H8Cl2F3N3O3. The van der Waals surface area contributed by atoms with Gasteiger partial charge in [0.15, 0.2) is 5.69 Å². The minimum Gasteiger partial charge on any atom is -0.381 e. The zero-order valence-corrected chi connectivity index (χ0v) is 15.1. The molecule has 1 heterocycles. The number of ether oxygens (including phenoxy) is 1. The van der Waals surface area contributed by atoms with Crippen LogP contribution in [-0.2, 0) is 9.53 Å². The predicted molar refractivity (Wildman–Crippen MR) is 93.8 cm³/mol. The lowest BCUT2D eigenvalue weighted by atomic mass is 10.0. The molecule has 0 bridgehead atoms. The third kappa shape index (κ3) is 4.15. The van der Waals surface area contributed by atoms with E-state index in [2.05, 4.69) is 20.1 Å². The van der Waals surface area contributed by atoms with Gasteiger partial charge in [0.2, 0.25) is 0 Å². The van der Waals surface area contributed by atoms with Gasteiger partial charge in [-0.3, -0.25) is 0 Å². The van der Waals surface area contributed by atoms with Crippen LogP contribution < -0.4 is 0 Å². The molecule has 144 valence electrons. The minimum absolute atomic E-state index is 0.121. The van der Waals surface area contributed by atoms with Crippen molar-refractivity contribution >= 4 is 35.1 Å². The molecule has 0 unspecified atom stereocenters. The first kappa shape index (κ1) is 19.8. The number of aromatic nitrogens is 3. The molecule has 0 saturated carbocycles. The second-order valence-electron chi connectivity index (χ2n) is 5.40. The highest BCUT2D eigenvalue weighted by atomic mass is 35.5. The van der Waals surface area contributed by atoms with Gasteiger partial charge in [-0.05, 0) is 23.8 Å². The third-order valence-corrected chi connectivity index (χ3v) is 4.12. The Morgan fingerprint density at radius 1 is 0.964 bits per heavy atom. The van der Waals surface area contributed by atoms with Crippen LogP contribution in [-0.4, -0.2) is 33.5 Å². The fourth-order valence-electron chi connectivity index (χ4n) is 2.29. The Bertz CT molecular complexity index is 1050. The van der Waals surface area contributed by atoms with Crippen LogP contribution in [0.25, 0.3) is 22.4 Å². The van der Waals surface area contributed by atoms with Crippen molar-refractivity contribution in [2.45, 2.75) is 6.18 Å². The van der Waals surface area contributed by atoms with Crippen molar-refractivity contribution in [2.75, 3.05) is 0 Å². The average molecular weight is 430 g/mol. The van der Waals surface area contributed by atoms with Crippen molar-refractivity contribution in [3.8, 4) is 22.4 Å². The van der Waals surface area contributed by atoms with E-state index in [9.17, 15) is 22.8 Å². The molecule has 0 aliphatic heterocycles. The zero-order chi connectivity index (χ0) is 20.5. The molecule has 3 rings (SSSR count). The second kappa shape index (κ2) is 7.61. The summed E-state index contributed by atoms with van der Waals surface area (Å²) in [5.41, 5.74) is 0.999. The average Bonchev–Trinajstić information content (AvgIpc) is 3.11. The van der Waals surface area contributed by atoms with Gasteiger partial charge in [-0.2, -0.15) is 23.5 Å². The maximum absolute atomic E-state index is 12.3. The van der Waals surface area contributed by atoms with Gasteiger partial charge < -0.3 is 4.74 Å². The summed E-state index contributed by atoms with van der Waals surface area (Å²) in [4.78, 5) is 22.7. The van der Waals surface area contributed by atoms with Crippen molar-refractivity contribution in [3.63, 3.8) is 0 Å². The number of nitrogens with zero attached hydrogens (tertiary/aromatic N) is 2. The van der Waals surface area contributed by atoms with Gasteiger partial charge in [0, 0.05) is 21.2 Å². The van der Waals surface area contributed by atoms with Crippen LogP contribution in [0.3, 0.4) is 0 Å². The van der Waals surface area contributed by atoms with E-state index in [0.29, 0.717) is 10.6 Å². The minimum atomic E-state index is -5.32. The Balaban J connectivity index is 1.90. The van der Waals surface area contributed by atoms with E-state index in [1.807, 2.05) is 0 Å². The van der Waals surface area contributed by atoms with Gasteiger partial charge in [-0.25, -0.2) is 9.59 Å². The van der Waals surface area contributed by atoms with Crippen molar-refractivity contribution < 1.29 is 27.5 Å². The van der Waals surface area contributed by atoms with E-state index in [-0.39, 0.29) is 16.3 Å². The first-order valence-electron chi connectivity index (χ1n) is 7.47. The fraction of sp³-hybridized carbons (Fsp3) is 0.0588. The molecule has 0 spiro atoms. The maximum Gasteiger partial charge on any atom is 0.491 e. The quantitative estimate of drug-likeness (QED) is 0.482. The number of aromatic amines is 1. The number of alkyl halides is 3. The van der Waals surface area contributed by atoms with E-state index >= 15 is 0 Å². The van der Waals surface area contributed by atoms with Crippen LogP contribution in [0.15, 0.2) is 42.5 Å². The third-order valence-electron chi connectivity index (χ3n) is 3.56. The number of rotatable bonds is 3. The summed E-state index contributed by atoms with van der Waals surface area (Å²) in [7, 11) is 0. The van der Waals surface area contributed by atoms with Crippen molar-refractivity contribution in [1.82, 2.24) is 15.4 Å². The number of benzene rings is 2. The van der Waals surface area contributed by atoms with Crippen LogP contribution in [0.4, 0.5) is 13.2 Å². The molecule has 0 aliphatic carbocycles. The Hall–Kier alpha value is -2.91. The molecular weight excluding hydrogens is 422 g/mol. The molecule has 0 saturated heterocycles. The molecule has 0 atom stereocenters. The summed E-state index contributed by atoms with van der Waals surface area (Å²) in [6.07, 6.45) is -5.32. The summed E-state index contributed by atoms with van der Waals surface area (Å²) < 4.78 is 40.6. The van der Waals surface area contributed by atoms with Crippen LogP contribution in [0, 0.1) is 0 Å². The second-order valence-corrected chi connectivity index (χ2v) is 6.24. The standard InChI is InChI=1S/C17H8Cl2F3N3O3/c18-10-4-1-8(2-5-10)11-6-3-9(7-12(11)19)13-14(24-25-23-13)15(26)28-16(27)17(20,21)22/h1-7H,(H,23,24,25). The molecule has 6 nitrogen and oxygen atoms in total. The van der Waals surface area contributed by atoms with Gasteiger partial charge in [-0.15, -0.1) is 5.10 Å². The largest absolute Gasteiger partial charge is 0.491 e. The van der Waals surface area contributed by atoms with Gasteiger partial charge in [-0.1, -0.05) is 47.5 Å². The van der Waals surface area contributed by atoms with Gasteiger partial charge in [0.05, 0.1) is 0 Å². The van der Waals surface area contributed by atoms with E-state index in [1.54, 1.807) is 30.3 Å². The number of esters is 2. The SMILES string of the molecule is O=C(OC(=O)C(F)(F)F)c1n[nH]nc1-c1ccc(-c2ccc(Cl)cc2)c(Cl)c1. The van der Waals surface area contributed by atoms with Gasteiger partial charge in [0.25, 0.3) is 0 Å². The van der Waals surface area contributed by atoms with E-state index in [0.717, 1.165) is 5.56 Å². The fourth-order valence-corrected chi connectivity index (χ4v) is 2.71. The summed E-state index contributed by atoms with van der Waals surface area (Å²) in [5.74, 6) is -4.24. The maximum atomic E-state index is 12.3. The first-order valence-corrected chi connectivity index (χ1v) is 8.22. The van der Waals surface area contributed by atoms with Crippen molar-refractivity contribution in [3.05, 3.63) is 58.2 Å². The number of nitrogens with one attached hydrogen (secondary N) is 1. The number of hydrogen-bond donors (Lipinski definition) is 1. The molecule has 1 aromatic heterocycles. The summed E-state index contributed by atoms with van der Waals surface area (Å²) in [6, 6.07) is 11.5. The van der Waals surface area contributed by atoms with Crippen molar-refractivity contribution in [1.29, 1.82) is 0 Å². The Kier molecular flexibility index (Phi) is 5.39. The molecule has 3 aromatic rings. The number of halogens is 5. The highest BCUT2D eigenvalue weighted by Gasteiger charge is 2.43. The molecule has 28 heavy (non-hydrogen) atoms. The van der Waals surface area contributed by atoms with Crippen LogP contribution >= 0.6 is 23.2 Å². The Labute approximate surface area is 165 Å². The zero-order valence-electron chi connectivity index (χ0n) is 13.6. The molecule has 1 N–H and O–H groups in total. The monoisotopic (exact) mass is 429 g/mol. The molecule has 0 aliphatic rings. The number of carbonyl (C=O) groups excluding carboxylic acids is 2. The molecule has 2 aromatic carbocycles. The number of hydrogen-bond acceptors (Lipinski definition) is 5. The van der Waals surface area contributed by atoms with Crippen molar-refractivity contribution in [2.24, 2.45) is 0 Å². The lowest BCUT2D eigenvalue weighted by Crippen LogP contribution is -2.28. The topological polar surface area (TPSA) is 84.9 Å². The van der Waals surface area contributed by atoms with Crippen LogP contribution in [0.2, 0.25) is 10.0 Å². The van der Waals surface area contributed by atoms with Crippen LogP contribution in [0.5, 0.6) is 0 Å². The molecule has 0 radical (unpaired) electrons. The highest BCUT2D eigenvalue weighted by molar-refractivity contribution is 6.33. The lowest BCUT2D eigenvalue weighted by molar-refractivity contribution is -0.193. The normalized spacial score (nSPS) is 11.3. The molecule has 0 amide bonds. The summed E-state index contributed by atoms with van der Waals surface area (Å²) in [6.45, 7) is 0. The van der Waals surface area contributed by atoms with Gasteiger partial charge in [0.1, 0.15) is 5.69 Å². The molecule has 0 fully saturated rings.